The molecule has 2 rings (SSSR count). The van der Waals surface area contributed by atoms with Crippen molar-refractivity contribution in [3.05, 3.63) is 70.3 Å². The summed E-state index contributed by atoms with van der Waals surface area (Å²) in [5.74, 6) is -0.109. The SMILES string of the molecule is C=CCNC(=S)NN=Cc1ccc(Oc2ccc(C(F)(F)F)cc2[N+](=O)[O-])c(OC)c1. The number of halogens is 3. The van der Waals surface area contributed by atoms with E-state index in [0.717, 1.165) is 6.07 Å². The third-order valence-electron chi connectivity index (χ3n) is 3.68. The highest BCUT2D eigenvalue weighted by atomic mass is 32.1. The molecule has 0 aliphatic carbocycles. The molecular formula is C19H17F3N4O4S. The van der Waals surface area contributed by atoms with Gasteiger partial charge in [-0.3, -0.25) is 15.5 Å². The zero-order chi connectivity index (χ0) is 23.0. The molecule has 0 fully saturated rings. The van der Waals surface area contributed by atoms with Crippen molar-refractivity contribution in [2.75, 3.05) is 13.7 Å². The van der Waals surface area contributed by atoms with Crippen LogP contribution in [0.5, 0.6) is 17.2 Å². The van der Waals surface area contributed by atoms with E-state index in [1.54, 1.807) is 12.1 Å². The number of ether oxygens (including phenoxy) is 2. The minimum atomic E-state index is -4.72. The van der Waals surface area contributed by atoms with Gasteiger partial charge in [0.2, 0.25) is 5.75 Å². The summed E-state index contributed by atoms with van der Waals surface area (Å²) in [6.45, 7) is 4.02. The van der Waals surface area contributed by atoms with E-state index in [4.69, 9.17) is 21.7 Å². The molecule has 0 amide bonds. The highest BCUT2D eigenvalue weighted by Gasteiger charge is 2.33. The predicted octanol–water partition coefficient (Wildman–Crippen LogP) is 4.40. The molecule has 0 heterocycles. The number of nitrogens with one attached hydrogen (secondary N) is 2. The van der Waals surface area contributed by atoms with Gasteiger partial charge in [0.25, 0.3) is 0 Å². The summed E-state index contributed by atoms with van der Waals surface area (Å²) in [5.41, 5.74) is 1.19. The molecule has 8 nitrogen and oxygen atoms in total. The Morgan fingerprint density at radius 2 is 1.97 bits per heavy atom. The van der Waals surface area contributed by atoms with Gasteiger partial charge in [-0.2, -0.15) is 18.3 Å². The highest BCUT2D eigenvalue weighted by molar-refractivity contribution is 7.80. The first-order chi connectivity index (χ1) is 14.7. The molecule has 0 atom stereocenters. The van der Waals surface area contributed by atoms with E-state index in [0.29, 0.717) is 24.2 Å². The van der Waals surface area contributed by atoms with Crippen LogP contribution in [0.15, 0.2) is 54.2 Å². The van der Waals surface area contributed by atoms with Gasteiger partial charge in [-0.15, -0.1) is 6.58 Å². The van der Waals surface area contributed by atoms with E-state index in [1.165, 1.54) is 25.5 Å². The Bertz CT molecular complexity index is 1010. The van der Waals surface area contributed by atoms with Crippen molar-refractivity contribution < 1.29 is 27.6 Å². The van der Waals surface area contributed by atoms with Gasteiger partial charge in [0.05, 0.1) is 23.8 Å². The van der Waals surface area contributed by atoms with Crippen LogP contribution in [0.4, 0.5) is 18.9 Å². The number of hydrazone groups is 1. The highest BCUT2D eigenvalue weighted by Crippen LogP contribution is 2.40. The minimum absolute atomic E-state index is 0.0682. The number of benzene rings is 2. The lowest BCUT2D eigenvalue weighted by atomic mass is 10.1. The van der Waals surface area contributed by atoms with E-state index < -0.39 is 22.4 Å². The second-order valence-electron chi connectivity index (χ2n) is 5.82. The molecular weight excluding hydrogens is 437 g/mol. The average Bonchev–Trinajstić information content (AvgIpc) is 2.72. The van der Waals surface area contributed by atoms with Gasteiger partial charge in [-0.1, -0.05) is 6.08 Å². The Kier molecular flexibility index (Phi) is 7.91. The third-order valence-corrected chi connectivity index (χ3v) is 3.91. The molecule has 0 aromatic heterocycles. The van der Waals surface area contributed by atoms with Crippen molar-refractivity contribution >= 4 is 29.2 Å². The zero-order valence-corrected chi connectivity index (χ0v) is 16.9. The third kappa shape index (κ3) is 6.67. The van der Waals surface area contributed by atoms with Gasteiger partial charge in [-0.05, 0) is 48.1 Å². The van der Waals surface area contributed by atoms with Gasteiger partial charge in [0.15, 0.2) is 16.6 Å². The van der Waals surface area contributed by atoms with Crippen LogP contribution in [0.2, 0.25) is 0 Å². The smallest absolute Gasteiger partial charge is 0.416 e. The Labute approximate surface area is 180 Å². The van der Waals surface area contributed by atoms with Crippen LogP contribution >= 0.6 is 12.2 Å². The number of thiocarbonyl (C=S) groups is 1. The molecule has 2 aromatic rings. The van der Waals surface area contributed by atoms with Crippen LogP contribution in [-0.2, 0) is 6.18 Å². The van der Waals surface area contributed by atoms with Crippen LogP contribution < -0.4 is 20.2 Å². The molecule has 0 aliphatic rings. The number of nitro benzene ring substituents is 1. The summed E-state index contributed by atoms with van der Waals surface area (Å²) >= 11 is 4.99. The normalized spacial score (nSPS) is 11.1. The van der Waals surface area contributed by atoms with Crippen LogP contribution in [0, 0.1) is 10.1 Å². The maximum Gasteiger partial charge on any atom is 0.416 e. The van der Waals surface area contributed by atoms with Crippen molar-refractivity contribution in [2.45, 2.75) is 6.18 Å². The van der Waals surface area contributed by atoms with Gasteiger partial charge >= 0.3 is 11.9 Å². The van der Waals surface area contributed by atoms with Gasteiger partial charge in [-0.25, -0.2) is 0 Å². The quantitative estimate of drug-likeness (QED) is 0.201. The van der Waals surface area contributed by atoms with Crippen molar-refractivity contribution in [1.29, 1.82) is 0 Å². The second kappa shape index (κ2) is 10.4. The van der Waals surface area contributed by atoms with Crippen LogP contribution in [-0.4, -0.2) is 29.9 Å². The standard InChI is InChI=1S/C19H17F3N4O4S/c1-3-8-23-18(31)25-24-11-12-4-6-16(17(9-12)29-2)30-15-7-5-13(19(20,21)22)10-14(15)26(27)28/h3-7,9-11H,1,8H2,2H3,(H2,23,25,31). The molecule has 0 bridgehead atoms. The molecule has 0 saturated carbocycles. The number of methoxy groups -OCH3 is 1. The lowest BCUT2D eigenvalue weighted by Gasteiger charge is -2.12. The Balaban J connectivity index is 2.23. The lowest BCUT2D eigenvalue weighted by Crippen LogP contribution is -2.31. The fourth-order valence-corrected chi connectivity index (χ4v) is 2.40. The number of nitrogens with zero attached hydrogens (tertiary/aromatic N) is 2. The Morgan fingerprint density at radius 1 is 1.26 bits per heavy atom. The van der Waals surface area contributed by atoms with E-state index in [-0.39, 0.29) is 22.4 Å². The molecule has 0 saturated heterocycles. The Hall–Kier alpha value is -3.67. The van der Waals surface area contributed by atoms with Crippen LogP contribution in [0.25, 0.3) is 0 Å². The average molecular weight is 454 g/mol. The number of hydrogen-bond acceptors (Lipinski definition) is 6. The summed E-state index contributed by atoms with van der Waals surface area (Å²) in [6, 6.07) is 6.53. The number of hydrogen-bond donors (Lipinski definition) is 2. The first-order valence-corrected chi connectivity index (χ1v) is 8.96. The van der Waals surface area contributed by atoms with E-state index in [2.05, 4.69) is 22.4 Å². The van der Waals surface area contributed by atoms with Gasteiger partial charge in [0.1, 0.15) is 0 Å². The van der Waals surface area contributed by atoms with E-state index in [1.807, 2.05) is 0 Å². The predicted molar refractivity (Wildman–Crippen MR) is 113 cm³/mol. The fraction of sp³-hybridized carbons (Fsp3) is 0.158. The number of alkyl halides is 3. The molecule has 164 valence electrons. The fourth-order valence-electron chi connectivity index (χ4n) is 2.26. The van der Waals surface area contributed by atoms with Crippen molar-refractivity contribution in [3.8, 4) is 17.2 Å². The minimum Gasteiger partial charge on any atom is -0.493 e. The lowest BCUT2D eigenvalue weighted by molar-refractivity contribution is -0.385. The van der Waals surface area contributed by atoms with E-state index >= 15 is 0 Å². The number of rotatable bonds is 8. The van der Waals surface area contributed by atoms with Crippen molar-refractivity contribution in [3.63, 3.8) is 0 Å². The summed E-state index contributed by atoms with van der Waals surface area (Å²) < 4.78 is 49.2. The van der Waals surface area contributed by atoms with Crippen molar-refractivity contribution in [1.82, 2.24) is 10.7 Å². The zero-order valence-electron chi connectivity index (χ0n) is 16.1. The first kappa shape index (κ1) is 23.6. The second-order valence-corrected chi connectivity index (χ2v) is 6.23. The van der Waals surface area contributed by atoms with Gasteiger partial charge in [0, 0.05) is 12.6 Å². The summed E-state index contributed by atoms with van der Waals surface area (Å²) in [5, 5.41) is 18.3. The molecule has 0 spiro atoms. The maximum atomic E-state index is 12.8. The topological polar surface area (TPSA) is 98.0 Å². The number of nitro groups is 1. The maximum absolute atomic E-state index is 12.8. The summed E-state index contributed by atoms with van der Waals surface area (Å²) in [6.07, 6.45) is -1.66. The van der Waals surface area contributed by atoms with Crippen LogP contribution in [0.1, 0.15) is 11.1 Å². The molecule has 0 unspecified atom stereocenters. The molecule has 2 aromatic carbocycles. The molecule has 0 aliphatic heterocycles. The van der Waals surface area contributed by atoms with Gasteiger partial charge < -0.3 is 14.8 Å². The molecule has 2 N–H and O–H groups in total. The summed E-state index contributed by atoms with van der Waals surface area (Å²) in [7, 11) is 1.34. The first-order valence-electron chi connectivity index (χ1n) is 8.55. The van der Waals surface area contributed by atoms with Crippen LogP contribution in [0.3, 0.4) is 0 Å². The largest absolute Gasteiger partial charge is 0.493 e. The Morgan fingerprint density at radius 3 is 2.58 bits per heavy atom. The molecule has 12 heteroatoms. The van der Waals surface area contributed by atoms with Crippen molar-refractivity contribution in [2.24, 2.45) is 5.10 Å². The van der Waals surface area contributed by atoms with E-state index in [9.17, 15) is 23.3 Å². The monoisotopic (exact) mass is 454 g/mol. The molecule has 31 heavy (non-hydrogen) atoms. The molecule has 0 radical (unpaired) electrons. The summed E-state index contributed by atoms with van der Waals surface area (Å²) in [4.78, 5) is 10.3.